The van der Waals surface area contributed by atoms with Crippen molar-refractivity contribution in [2.45, 2.75) is 12.5 Å². The van der Waals surface area contributed by atoms with Gasteiger partial charge in [-0.15, -0.1) is 0 Å². The Morgan fingerprint density at radius 2 is 1.67 bits per heavy atom. The third-order valence-electron chi connectivity index (χ3n) is 4.57. The molecule has 0 radical (unpaired) electrons. The van der Waals surface area contributed by atoms with Crippen molar-refractivity contribution >= 4 is 17.4 Å². The van der Waals surface area contributed by atoms with Crippen molar-refractivity contribution in [3.63, 3.8) is 0 Å². The quantitative estimate of drug-likeness (QED) is 0.412. The normalized spacial score (nSPS) is 19.1. The first-order valence-corrected chi connectivity index (χ1v) is 8.86. The molecule has 1 amide bonds. The summed E-state index contributed by atoms with van der Waals surface area (Å²) in [6.45, 7) is 1.27. The third-order valence-corrected chi connectivity index (χ3v) is 4.57. The second-order valence-electron chi connectivity index (χ2n) is 6.80. The fraction of sp³-hybridized carbons (Fsp3) is 0.300. The number of likely N-dealkylation sites (tertiary alicyclic amines) is 1. The Morgan fingerprint density at radius 1 is 1.07 bits per heavy atom. The van der Waals surface area contributed by atoms with Crippen molar-refractivity contribution < 1.29 is 19.6 Å². The predicted molar refractivity (Wildman–Crippen MR) is 97.1 cm³/mol. The average molecular weight is 366 g/mol. The Bertz CT molecular complexity index is 850. The molecule has 3 rings (SSSR count). The van der Waals surface area contributed by atoms with Gasteiger partial charge in [0.1, 0.15) is 0 Å². The van der Waals surface area contributed by atoms with E-state index in [9.17, 15) is 14.7 Å². The molecule has 1 saturated heterocycles. The first-order valence-electron chi connectivity index (χ1n) is 8.86. The van der Waals surface area contributed by atoms with Gasteiger partial charge >= 0.3 is 0 Å². The van der Waals surface area contributed by atoms with Crippen LogP contribution in [0.2, 0.25) is 0 Å². The molecular formula is C20H22N4O3. The third kappa shape index (κ3) is 3.88. The highest BCUT2D eigenvalue weighted by Crippen LogP contribution is 2.38. The molecule has 1 unspecified atom stereocenters. The first-order chi connectivity index (χ1) is 13.0. The minimum absolute atomic E-state index is 0.00500. The van der Waals surface area contributed by atoms with E-state index in [1.165, 1.54) is 22.2 Å². The summed E-state index contributed by atoms with van der Waals surface area (Å²) in [6, 6.07) is 5.89. The van der Waals surface area contributed by atoms with Gasteiger partial charge in [0, 0.05) is 43.3 Å². The van der Waals surface area contributed by atoms with Gasteiger partial charge in [0.25, 0.3) is 5.91 Å². The van der Waals surface area contributed by atoms with Crippen LogP contribution in [0, 0.1) is 0 Å². The standard InChI is InChI=1S/C20H22N4O3/c1-23(2)12-3-13-24-17(14-4-8-21-9-5-14)16(19(26)20(24)27)18(25)15-6-10-22-11-7-15/h4-11,17,25H,3,12-13H2,1-2H3. The summed E-state index contributed by atoms with van der Waals surface area (Å²) in [5.41, 5.74) is 1.05. The van der Waals surface area contributed by atoms with Crippen LogP contribution in [0.1, 0.15) is 23.6 Å². The van der Waals surface area contributed by atoms with Gasteiger partial charge in [-0.05, 0) is 35.4 Å². The number of carbonyl (C=O) groups is 2. The molecule has 7 nitrogen and oxygen atoms in total. The molecule has 27 heavy (non-hydrogen) atoms. The van der Waals surface area contributed by atoms with E-state index >= 15 is 0 Å². The van der Waals surface area contributed by atoms with Crippen LogP contribution in [0.5, 0.6) is 0 Å². The van der Waals surface area contributed by atoms with E-state index in [1.54, 1.807) is 36.7 Å². The minimum Gasteiger partial charge on any atom is -0.872 e. The molecule has 7 heteroatoms. The van der Waals surface area contributed by atoms with Crippen molar-refractivity contribution in [1.82, 2.24) is 14.9 Å². The molecule has 2 aromatic rings. The van der Waals surface area contributed by atoms with Crippen LogP contribution in [-0.2, 0) is 9.59 Å². The summed E-state index contributed by atoms with van der Waals surface area (Å²) >= 11 is 0. The molecular weight excluding hydrogens is 344 g/mol. The zero-order valence-electron chi connectivity index (χ0n) is 15.4. The van der Waals surface area contributed by atoms with Crippen molar-refractivity contribution in [3.05, 3.63) is 65.8 Å². The fourth-order valence-corrected chi connectivity index (χ4v) is 3.25. The number of Topliss-reactive ketones (excluding diaryl/α,β-unsaturated/α-hetero) is 1. The smallest absolute Gasteiger partial charge is 0.295 e. The molecule has 1 aliphatic heterocycles. The average Bonchev–Trinajstić information content (AvgIpc) is 2.93. The van der Waals surface area contributed by atoms with E-state index in [4.69, 9.17) is 0 Å². The summed E-state index contributed by atoms with van der Waals surface area (Å²) < 4.78 is 0. The largest absolute Gasteiger partial charge is 0.872 e. The van der Waals surface area contributed by atoms with E-state index in [1.807, 2.05) is 14.1 Å². The molecule has 1 N–H and O–H groups in total. The van der Waals surface area contributed by atoms with Crippen LogP contribution in [0.3, 0.4) is 0 Å². The number of amides is 1. The highest BCUT2D eigenvalue weighted by atomic mass is 16.3. The fourth-order valence-electron chi connectivity index (χ4n) is 3.25. The maximum atomic E-state index is 13.0. The van der Waals surface area contributed by atoms with Gasteiger partial charge in [-0.2, -0.15) is 0 Å². The number of hydrogen-bond acceptors (Lipinski definition) is 5. The van der Waals surface area contributed by atoms with Crippen molar-refractivity contribution in [2.24, 2.45) is 0 Å². The highest BCUT2D eigenvalue weighted by molar-refractivity contribution is 6.46. The SMILES string of the molecule is C[NH+](C)CCCN1C(=O)C(=O)C(=C([O-])c2ccncc2)C1c1ccncc1. The maximum Gasteiger partial charge on any atom is 0.295 e. The zero-order chi connectivity index (χ0) is 19.4. The minimum atomic E-state index is -0.726. The van der Waals surface area contributed by atoms with E-state index in [0.717, 1.165) is 13.0 Å². The number of carbonyl (C=O) groups excluding carboxylic acids is 2. The summed E-state index contributed by atoms with van der Waals surface area (Å²) in [4.78, 5) is 36.1. The molecule has 1 atom stereocenters. The molecule has 0 aliphatic carbocycles. The Balaban J connectivity index is 2.05. The highest BCUT2D eigenvalue weighted by Gasteiger charge is 2.43. The zero-order valence-corrected chi connectivity index (χ0v) is 15.4. The Kier molecular flexibility index (Phi) is 5.61. The Morgan fingerprint density at radius 3 is 2.26 bits per heavy atom. The van der Waals surface area contributed by atoms with E-state index in [-0.39, 0.29) is 5.57 Å². The molecule has 0 saturated carbocycles. The summed E-state index contributed by atoms with van der Waals surface area (Å²) in [5.74, 6) is -1.78. The van der Waals surface area contributed by atoms with Gasteiger partial charge in [0.15, 0.2) is 0 Å². The monoisotopic (exact) mass is 366 g/mol. The lowest BCUT2D eigenvalue weighted by atomic mass is 9.96. The summed E-state index contributed by atoms with van der Waals surface area (Å²) in [6.07, 6.45) is 6.92. The van der Waals surface area contributed by atoms with Gasteiger partial charge in [0.05, 0.1) is 26.7 Å². The molecule has 0 spiro atoms. The number of rotatable bonds is 6. The number of pyridine rings is 2. The van der Waals surface area contributed by atoms with Crippen LogP contribution in [0.25, 0.3) is 5.76 Å². The molecule has 0 bridgehead atoms. The lowest BCUT2D eigenvalue weighted by molar-refractivity contribution is -0.858. The van der Waals surface area contributed by atoms with E-state index in [2.05, 4.69) is 9.97 Å². The van der Waals surface area contributed by atoms with E-state index < -0.39 is 23.5 Å². The number of ketones is 1. The molecule has 1 aliphatic rings. The topological polar surface area (TPSA) is 90.7 Å². The van der Waals surface area contributed by atoms with Crippen LogP contribution < -0.4 is 10.0 Å². The Labute approximate surface area is 158 Å². The van der Waals surface area contributed by atoms with Gasteiger partial charge < -0.3 is 14.9 Å². The number of nitrogens with one attached hydrogen (secondary N) is 1. The van der Waals surface area contributed by atoms with E-state index in [0.29, 0.717) is 17.7 Å². The first kappa shape index (κ1) is 18.7. The summed E-state index contributed by atoms with van der Waals surface area (Å²) in [7, 11) is 4.06. The van der Waals surface area contributed by atoms with Gasteiger partial charge in [0.2, 0.25) is 5.78 Å². The number of nitrogens with zero attached hydrogens (tertiary/aromatic N) is 3. The Hall–Kier alpha value is -3.06. The van der Waals surface area contributed by atoms with Crippen molar-refractivity contribution in [2.75, 3.05) is 27.2 Å². The predicted octanol–water partition coefficient (Wildman–Crippen LogP) is -0.765. The lowest BCUT2D eigenvalue weighted by Gasteiger charge is -2.27. The van der Waals surface area contributed by atoms with Crippen molar-refractivity contribution in [1.29, 1.82) is 0 Å². The van der Waals surface area contributed by atoms with Crippen LogP contribution >= 0.6 is 0 Å². The maximum absolute atomic E-state index is 13.0. The molecule has 140 valence electrons. The van der Waals surface area contributed by atoms with Crippen LogP contribution in [0.15, 0.2) is 54.6 Å². The number of quaternary nitrogens is 1. The van der Waals surface area contributed by atoms with Crippen LogP contribution in [0.4, 0.5) is 0 Å². The van der Waals surface area contributed by atoms with Gasteiger partial charge in [-0.25, -0.2) is 0 Å². The summed E-state index contributed by atoms with van der Waals surface area (Å²) in [5, 5.41) is 13.0. The van der Waals surface area contributed by atoms with Gasteiger partial charge in [-0.3, -0.25) is 19.6 Å². The lowest BCUT2D eigenvalue weighted by Crippen LogP contribution is -3.05. The number of hydrogen-bond donors (Lipinski definition) is 1. The molecule has 3 heterocycles. The number of aromatic nitrogens is 2. The second kappa shape index (κ2) is 8.09. The molecule has 2 aromatic heterocycles. The van der Waals surface area contributed by atoms with Gasteiger partial charge in [-0.1, -0.05) is 5.76 Å². The van der Waals surface area contributed by atoms with Crippen molar-refractivity contribution in [3.8, 4) is 0 Å². The van der Waals surface area contributed by atoms with Crippen LogP contribution in [-0.4, -0.2) is 53.7 Å². The molecule has 1 fully saturated rings. The molecule has 0 aromatic carbocycles. The second-order valence-corrected chi connectivity index (χ2v) is 6.80.